The van der Waals surface area contributed by atoms with E-state index in [0.29, 0.717) is 25.7 Å². The molecule has 0 aliphatic heterocycles. The van der Waals surface area contributed by atoms with Gasteiger partial charge in [-0.15, -0.1) is 0 Å². The minimum Gasteiger partial charge on any atom is -0.480 e. The van der Waals surface area contributed by atoms with Gasteiger partial charge in [-0.05, 0) is 37.1 Å². The largest absolute Gasteiger partial charge is 0.480 e. The monoisotopic (exact) mass is 367 g/mol. The molecule has 1 aliphatic carbocycles. The summed E-state index contributed by atoms with van der Waals surface area (Å²) in [6.07, 6.45) is -1.06. The van der Waals surface area contributed by atoms with Crippen molar-refractivity contribution in [2.75, 3.05) is 0 Å². The summed E-state index contributed by atoms with van der Waals surface area (Å²) >= 11 is 0. The van der Waals surface area contributed by atoms with Gasteiger partial charge in [0.25, 0.3) is 5.91 Å². The van der Waals surface area contributed by atoms with Crippen LogP contribution in [-0.4, -0.2) is 32.3 Å². The van der Waals surface area contributed by atoms with Gasteiger partial charge in [-0.25, -0.2) is 9.48 Å². The fraction of sp³-hybridized carbons (Fsp3) is 0.353. The third-order valence-corrected chi connectivity index (χ3v) is 4.48. The standard InChI is InChI=1S/C17H16F3N3O3/c18-17(19,20)11-4-3-5-12(10-11)23-9-6-13(22-23)14(24)21-16(15(25)26)7-1-2-8-16/h3-6,9-10H,1-2,7-8H2,(H,21,24)(H,25,26). The van der Waals surface area contributed by atoms with Crippen molar-refractivity contribution in [3.8, 4) is 5.69 Å². The van der Waals surface area contributed by atoms with Crippen LogP contribution < -0.4 is 5.32 Å². The van der Waals surface area contributed by atoms with Crippen LogP contribution in [0.4, 0.5) is 13.2 Å². The maximum atomic E-state index is 12.8. The van der Waals surface area contributed by atoms with Crippen molar-refractivity contribution in [2.45, 2.75) is 37.4 Å². The van der Waals surface area contributed by atoms with Crippen molar-refractivity contribution < 1.29 is 27.9 Å². The molecule has 138 valence electrons. The van der Waals surface area contributed by atoms with Crippen molar-refractivity contribution >= 4 is 11.9 Å². The highest BCUT2D eigenvalue weighted by atomic mass is 19.4. The summed E-state index contributed by atoms with van der Waals surface area (Å²) in [7, 11) is 0. The van der Waals surface area contributed by atoms with Crippen LogP contribution in [0.2, 0.25) is 0 Å². The average molecular weight is 367 g/mol. The second-order valence-corrected chi connectivity index (χ2v) is 6.24. The molecule has 6 nitrogen and oxygen atoms in total. The number of nitrogens with zero attached hydrogens (tertiary/aromatic N) is 2. The number of carboxylic acid groups (broad SMARTS) is 1. The number of halogens is 3. The second kappa shape index (κ2) is 6.47. The SMILES string of the molecule is O=C(NC1(C(=O)O)CCCC1)c1ccn(-c2cccc(C(F)(F)F)c2)n1. The van der Waals surface area contributed by atoms with Gasteiger partial charge in [0.2, 0.25) is 0 Å². The number of hydrogen-bond donors (Lipinski definition) is 2. The Hall–Kier alpha value is -2.84. The number of carbonyl (C=O) groups excluding carboxylic acids is 1. The Morgan fingerprint density at radius 2 is 1.88 bits per heavy atom. The van der Waals surface area contributed by atoms with Gasteiger partial charge in [0.05, 0.1) is 11.3 Å². The Bertz CT molecular complexity index is 839. The minimum absolute atomic E-state index is 0.0602. The van der Waals surface area contributed by atoms with Gasteiger partial charge in [-0.3, -0.25) is 4.79 Å². The molecule has 0 saturated heterocycles. The number of alkyl halides is 3. The molecule has 1 aliphatic rings. The first-order valence-corrected chi connectivity index (χ1v) is 8.00. The van der Waals surface area contributed by atoms with Gasteiger partial charge in [-0.2, -0.15) is 18.3 Å². The van der Waals surface area contributed by atoms with Gasteiger partial charge >= 0.3 is 12.1 Å². The number of carboxylic acids is 1. The van der Waals surface area contributed by atoms with Crippen molar-refractivity contribution in [1.29, 1.82) is 0 Å². The van der Waals surface area contributed by atoms with Crippen molar-refractivity contribution in [1.82, 2.24) is 15.1 Å². The molecule has 1 saturated carbocycles. The van der Waals surface area contributed by atoms with E-state index in [0.717, 1.165) is 16.8 Å². The lowest BCUT2D eigenvalue weighted by Gasteiger charge is -2.24. The fourth-order valence-corrected chi connectivity index (χ4v) is 3.07. The van der Waals surface area contributed by atoms with Crippen LogP contribution in [0.25, 0.3) is 5.69 Å². The summed E-state index contributed by atoms with van der Waals surface area (Å²) < 4.78 is 39.6. The van der Waals surface area contributed by atoms with Crippen LogP contribution >= 0.6 is 0 Å². The van der Waals surface area contributed by atoms with Gasteiger partial charge < -0.3 is 10.4 Å². The zero-order valence-electron chi connectivity index (χ0n) is 13.6. The molecule has 0 unspecified atom stereocenters. The van der Waals surface area contributed by atoms with Crippen LogP contribution in [-0.2, 0) is 11.0 Å². The summed E-state index contributed by atoms with van der Waals surface area (Å²) in [5, 5.41) is 15.9. The summed E-state index contributed by atoms with van der Waals surface area (Å²) in [5.41, 5.74) is -2.05. The number of benzene rings is 1. The molecule has 1 aromatic carbocycles. The summed E-state index contributed by atoms with van der Waals surface area (Å²) in [4.78, 5) is 23.9. The molecular formula is C17H16F3N3O3. The Labute approximate surface area is 146 Å². The first kappa shape index (κ1) is 18.0. The highest BCUT2D eigenvalue weighted by Gasteiger charge is 2.43. The third kappa shape index (κ3) is 3.42. The lowest BCUT2D eigenvalue weighted by Crippen LogP contribution is -2.52. The van der Waals surface area contributed by atoms with E-state index in [4.69, 9.17) is 0 Å². The predicted molar refractivity (Wildman–Crippen MR) is 84.9 cm³/mol. The fourth-order valence-electron chi connectivity index (χ4n) is 3.07. The highest BCUT2D eigenvalue weighted by Crippen LogP contribution is 2.31. The van der Waals surface area contributed by atoms with E-state index in [1.807, 2.05) is 0 Å². The number of carbonyl (C=O) groups is 2. The normalized spacial score (nSPS) is 16.4. The minimum atomic E-state index is -4.49. The molecule has 0 bridgehead atoms. The van der Waals surface area contributed by atoms with Crippen LogP contribution in [0.15, 0.2) is 36.5 Å². The van der Waals surface area contributed by atoms with E-state index in [-0.39, 0.29) is 11.4 Å². The quantitative estimate of drug-likeness (QED) is 0.870. The molecule has 0 radical (unpaired) electrons. The number of aromatic nitrogens is 2. The zero-order chi connectivity index (χ0) is 18.9. The molecule has 1 fully saturated rings. The number of rotatable bonds is 4. The summed E-state index contributed by atoms with van der Waals surface area (Å²) in [6, 6.07) is 5.87. The lowest BCUT2D eigenvalue weighted by atomic mass is 9.97. The van der Waals surface area contributed by atoms with Gasteiger partial charge in [0.1, 0.15) is 5.54 Å². The molecule has 26 heavy (non-hydrogen) atoms. The topological polar surface area (TPSA) is 84.2 Å². The van der Waals surface area contributed by atoms with E-state index in [2.05, 4.69) is 10.4 Å². The molecule has 9 heteroatoms. The number of nitrogens with one attached hydrogen (secondary N) is 1. The van der Waals surface area contributed by atoms with Gasteiger partial charge in [0.15, 0.2) is 5.69 Å². The molecule has 1 amide bonds. The zero-order valence-corrected chi connectivity index (χ0v) is 13.6. The maximum Gasteiger partial charge on any atom is 0.416 e. The Morgan fingerprint density at radius 1 is 1.19 bits per heavy atom. The van der Waals surface area contributed by atoms with E-state index in [1.54, 1.807) is 0 Å². The molecule has 0 atom stereocenters. The molecule has 1 aromatic heterocycles. The van der Waals surface area contributed by atoms with Crippen molar-refractivity contribution in [2.24, 2.45) is 0 Å². The van der Waals surface area contributed by atoms with Crippen LogP contribution in [0, 0.1) is 0 Å². The highest BCUT2D eigenvalue weighted by molar-refractivity contribution is 5.96. The molecule has 3 rings (SSSR count). The molecular weight excluding hydrogens is 351 g/mol. The summed E-state index contributed by atoms with van der Waals surface area (Å²) in [5.74, 6) is -1.76. The predicted octanol–water partition coefficient (Wildman–Crippen LogP) is 3.02. The first-order valence-electron chi connectivity index (χ1n) is 8.00. The second-order valence-electron chi connectivity index (χ2n) is 6.24. The lowest BCUT2D eigenvalue weighted by molar-refractivity contribution is -0.144. The van der Waals surface area contributed by atoms with Crippen LogP contribution in [0.1, 0.15) is 41.7 Å². The van der Waals surface area contributed by atoms with E-state index >= 15 is 0 Å². The van der Waals surface area contributed by atoms with Crippen molar-refractivity contribution in [3.63, 3.8) is 0 Å². The molecule has 1 heterocycles. The van der Waals surface area contributed by atoms with Gasteiger partial charge in [0, 0.05) is 6.20 Å². The van der Waals surface area contributed by atoms with Gasteiger partial charge in [-0.1, -0.05) is 18.9 Å². The Balaban J connectivity index is 1.82. The number of amides is 1. The smallest absolute Gasteiger partial charge is 0.416 e. The van der Waals surface area contributed by atoms with Crippen LogP contribution in [0.3, 0.4) is 0 Å². The Morgan fingerprint density at radius 3 is 2.50 bits per heavy atom. The Kier molecular flexibility index (Phi) is 4.47. The van der Waals surface area contributed by atoms with E-state index in [9.17, 15) is 27.9 Å². The number of hydrogen-bond acceptors (Lipinski definition) is 3. The maximum absolute atomic E-state index is 12.8. The first-order chi connectivity index (χ1) is 12.2. The van der Waals surface area contributed by atoms with Crippen LogP contribution in [0.5, 0.6) is 0 Å². The molecule has 2 aromatic rings. The molecule has 0 spiro atoms. The average Bonchev–Trinajstić information content (AvgIpc) is 3.24. The summed E-state index contributed by atoms with van der Waals surface area (Å²) in [6.45, 7) is 0. The van der Waals surface area contributed by atoms with Crippen molar-refractivity contribution in [3.05, 3.63) is 47.8 Å². The van der Waals surface area contributed by atoms with E-state index < -0.39 is 29.2 Å². The van der Waals surface area contributed by atoms with E-state index in [1.165, 1.54) is 24.4 Å². The number of aliphatic carboxylic acids is 1. The molecule has 2 N–H and O–H groups in total. The third-order valence-electron chi connectivity index (χ3n) is 4.48.